The Hall–Kier alpha value is -0.570. The molecule has 1 N–H and O–H groups in total. The largest absolute Gasteiger partial charge is 0.341 e. The van der Waals surface area contributed by atoms with Gasteiger partial charge in [0, 0.05) is 19.1 Å². The van der Waals surface area contributed by atoms with Gasteiger partial charge in [0.1, 0.15) is 0 Å². The molecular formula is C16H30N2O. The molecule has 1 unspecified atom stereocenters. The zero-order valence-electron chi connectivity index (χ0n) is 13.4. The highest BCUT2D eigenvalue weighted by Gasteiger charge is 2.64. The second-order valence-electron chi connectivity index (χ2n) is 7.80. The molecule has 0 aromatic carbocycles. The maximum atomic E-state index is 12.5. The minimum atomic E-state index is 0.0405. The zero-order chi connectivity index (χ0) is 14.4. The monoisotopic (exact) mass is 266 g/mol. The van der Waals surface area contributed by atoms with Crippen molar-refractivity contribution in [3.05, 3.63) is 0 Å². The highest BCUT2D eigenvalue weighted by atomic mass is 16.2. The molecule has 1 atom stereocenters. The van der Waals surface area contributed by atoms with E-state index in [-0.39, 0.29) is 6.04 Å². The van der Waals surface area contributed by atoms with Crippen molar-refractivity contribution in [1.29, 1.82) is 0 Å². The number of likely N-dealkylation sites (tertiary alicyclic amines) is 1. The lowest BCUT2D eigenvalue weighted by atomic mass is 10.0. The number of carbonyl (C=O) groups excluding carboxylic acids is 1. The van der Waals surface area contributed by atoms with E-state index >= 15 is 0 Å². The lowest BCUT2D eigenvalue weighted by molar-refractivity contribution is -0.136. The van der Waals surface area contributed by atoms with Crippen molar-refractivity contribution < 1.29 is 4.79 Å². The van der Waals surface area contributed by atoms with Crippen LogP contribution in [0.4, 0.5) is 0 Å². The molecule has 1 aliphatic heterocycles. The van der Waals surface area contributed by atoms with E-state index in [9.17, 15) is 4.79 Å². The van der Waals surface area contributed by atoms with E-state index < -0.39 is 0 Å². The van der Waals surface area contributed by atoms with E-state index in [2.05, 4.69) is 51.8 Å². The third-order valence-corrected chi connectivity index (χ3v) is 5.79. The van der Waals surface area contributed by atoms with Gasteiger partial charge in [0.15, 0.2) is 0 Å². The average Bonchev–Trinajstić information content (AvgIpc) is 2.65. The molecule has 0 radical (unpaired) electrons. The van der Waals surface area contributed by atoms with Crippen molar-refractivity contribution in [3.8, 4) is 0 Å². The molecule has 0 aromatic rings. The van der Waals surface area contributed by atoms with Crippen LogP contribution in [0.25, 0.3) is 0 Å². The summed E-state index contributed by atoms with van der Waals surface area (Å²) in [5.74, 6) is 0.959. The lowest BCUT2D eigenvalue weighted by Crippen LogP contribution is -2.53. The maximum absolute atomic E-state index is 12.5. The molecule has 0 bridgehead atoms. The Bertz CT molecular complexity index is 346. The van der Waals surface area contributed by atoms with Gasteiger partial charge in [-0.25, -0.2) is 0 Å². The Morgan fingerprint density at radius 2 is 1.84 bits per heavy atom. The minimum absolute atomic E-state index is 0.0405. The van der Waals surface area contributed by atoms with Crippen molar-refractivity contribution in [1.82, 2.24) is 10.2 Å². The van der Waals surface area contributed by atoms with Crippen LogP contribution in [0.15, 0.2) is 0 Å². The summed E-state index contributed by atoms with van der Waals surface area (Å²) in [5, 5.41) is 3.41. The number of nitrogens with zero attached hydrogens (tertiary/aromatic N) is 1. The van der Waals surface area contributed by atoms with Crippen LogP contribution in [0.1, 0.15) is 54.4 Å². The second kappa shape index (κ2) is 4.76. The quantitative estimate of drug-likeness (QED) is 0.848. The van der Waals surface area contributed by atoms with Crippen molar-refractivity contribution >= 4 is 5.91 Å². The van der Waals surface area contributed by atoms with Gasteiger partial charge in [-0.15, -0.1) is 0 Å². The molecule has 1 saturated carbocycles. The van der Waals surface area contributed by atoms with E-state index in [1.807, 2.05) is 0 Å². The molecule has 1 amide bonds. The van der Waals surface area contributed by atoms with Crippen LogP contribution >= 0.6 is 0 Å². The molecule has 0 spiro atoms. The summed E-state index contributed by atoms with van der Waals surface area (Å²) in [6.45, 7) is 15.4. The summed E-state index contributed by atoms with van der Waals surface area (Å²) in [4.78, 5) is 14.6. The van der Waals surface area contributed by atoms with Crippen LogP contribution < -0.4 is 5.32 Å². The molecule has 1 saturated heterocycles. The Morgan fingerprint density at radius 1 is 1.26 bits per heavy atom. The van der Waals surface area contributed by atoms with Crippen molar-refractivity contribution in [2.75, 3.05) is 13.1 Å². The third-order valence-electron chi connectivity index (χ3n) is 5.79. The van der Waals surface area contributed by atoms with Gasteiger partial charge in [0.2, 0.25) is 5.91 Å². The van der Waals surface area contributed by atoms with Gasteiger partial charge >= 0.3 is 0 Å². The highest BCUT2D eigenvalue weighted by molar-refractivity contribution is 5.82. The molecule has 2 rings (SSSR count). The van der Waals surface area contributed by atoms with Gasteiger partial charge in [0.25, 0.3) is 0 Å². The topological polar surface area (TPSA) is 32.3 Å². The first-order chi connectivity index (χ1) is 8.68. The maximum Gasteiger partial charge on any atom is 0.239 e. The molecule has 110 valence electrons. The van der Waals surface area contributed by atoms with Gasteiger partial charge in [-0.2, -0.15) is 0 Å². The van der Waals surface area contributed by atoms with Crippen molar-refractivity contribution in [3.63, 3.8) is 0 Å². The van der Waals surface area contributed by atoms with E-state index in [4.69, 9.17) is 0 Å². The first kappa shape index (κ1) is 14.8. The van der Waals surface area contributed by atoms with Crippen LogP contribution in [0.3, 0.4) is 0 Å². The summed E-state index contributed by atoms with van der Waals surface area (Å²) in [5.41, 5.74) is 0.734. The summed E-state index contributed by atoms with van der Waals surface area (Å²) in [7, 11) is 0. The average molecular weight is 266 g/mol. The normalized spacial score (nSPS) is 29.9. The zero-order valence-corrected chi connectivity index (χ0v) is 13.4. The van der Waals surface area contributed by atoms with Crippen molar-refractivity contribution in [2.24, 2.45) is 16.7 Å². The predicted octanol–water partition coefficient (Wildman–Crippen LogP) is 2.66. The van der Waals surface area contributed by atoms with Crippen LogP contribution in [-0.4, -0.2) is 36.0 Å². The Balaban J connectivity index is 1.96. The summed E-state index contributed by atoms with van der Waals surface area (Å²) in [6.07, 6.45) is 2.12. The summed E-state index contributed by atoms with van der Waals surface area (Å²) >= 11 is 0. The van der Waals surface area contributed by atoms with E-state index in [1.54, 1.807) is 0 Å². The fourth-order valence-corrected chi connectivity index (χ4v) is 3.69. The Morgan fingerprint density at radius 3 is 2.32 bits per heavy atom. The first-order valence-corrected chi connectivity index (χ1v) is 7.72. The molecule has 0 aromatic heterocycles. The number of hydrogen-bond donors (Lipinski definition) is 1. The van der Waals surface area contributed by atoms with Crippen LogP contribution in [-0.2, 0) is 4.79 Å². The summed E-state index contributed by atoms with van der Waals surface area (Å²) < 4.78 is 0. The molecule has 3 heteroatoms. The fraction of sp³-hybridized carbons (Fsp3) is 0.938. The SMILES string of the molecule is CC(C)NC1CCCN(CC2C(C)(C)C2(C)C)C1=O. The van der Waals surface area contributed by atoms with Gasteiger partial charge in [-0.1, -0.05) is 41.5 Å². The molecule has 2 fully saturated rings. The van der Waals surface area contributed by atoms with Gasteiger partial charge < -0.3 is 10.2 Å². The number of amides is 1. The predicted molar refractivity (Wildman–Crippen MR) is 78.9 cm³/mol. The molecule has 1 heterocycles. The second-order valence-corrected chi connectivity index (χ2v) is 7.80. The third kappa shape index (κ3) is 2.54. The number of hydrogen-bond acceptors (Lipinski definition) is 2. The Kier molecular flexibility index (Phi) is 3.72. The van der Waals surface area contributed by atoms with Crippen LogP contribution in [0.2, 0.25) is 0 Å². The fourth-order valence-electron chi connectivity index (χ4n) is 3.69. The molecular weight excluding hydrogens is 236 g/mol. The van der Waals surface area contributed by atoms with E-state index in [0.717, 1.165) is 25.9 Å². The number of piperidine rings is 1. The van der Waals surface area contributed by atoms with Crippen molar-refractivity contribution in [2.45, 2.75) is 66.5 Å². The smallest absolute Gasteiger partial charge is 0.239 e. The van der Waals surface area contributed by atoms with E-state index in [1.165, 1.54) is 0 Å². The Labute approximate surface area is 118 Å². The van der Waals surface area contributed by atoms with Gasteiger partial charge in [-0.05, 0) is 29.6 Å². The number of nitrogens with one attached hydrogen (secondary N) is 1. The van der Waals surface area contributed by atoms with Crippen LogP contribution in [0, 0.1) is 16.7 Å². The molecule has 1 aliphatic carbocycles. The number of carbonyl (C=O) groups is 1. The molecule has 3 nitrogen and oxygen atoms in total. The van der Waals surface area contributed by atoms with Gasteiger partial charge in [0.05, 0.1) is 6.04 Å². The highest BCUT2D eigenvalue weighted by Crippen LogP contribution is 2.68. The standard InChI is InChI=1S/C16H30N2O/c1-11(2)17-12-8-7-9-18(14(12)19)10-13-15(3,4)16(13,5)6/h11-13,17H,7-10H2,1-6H3. The summed E-state index contributed by atoms with van der Waals surface area (Å²) in [6, 6.07) is 0.418. The first-order valence-electron chi connectivity index (χ1n) is 7.72. The number of rotatable bonds is 4. The molecule has 19 heavy (non-hydrogen) atoms. The van der Waals surface area contributed by atoms with Crippen LogP contribution in [0.5, 0.6) is 0 Å². The van der Waals surface area contributed by atoms with E-state index in [0.29, 0.717) is 28.7 Å². The molecule has 2 aliphatic rings. The lowest BCUT2D eigenvalue weighted by Gasteiger charge is -2.34. The minimum Gasteiger partial charge on any atom is -0.341 e. The van der Waals surface area contributed by atoms with Gasteiger partial charge in [-0.3, -0.25) is 4.79 Å².